The summed E-state index contributed by atoms with van der Waals surface area (Å²) in [4.78, 5) is 0. The Morgan fingerprint density at radius 2 is 2.16 bits per heavy atom. The van der Waals surface area contributed by atoms with E-state index in [4.69, 9.17) is 0 Å². The van der Waals surface area contributed by atoms with Crippen LogP contribution < -0.4 is 10.1 Å². The second-order valence-electron chi connectivity index (χ2n) is 4.89. The second kappa shape index (κ2) is 6.15. The van der Waals surface area contributed by atoms with Crippen LogP contribution in [0.4, 0.5) is 8.78 Å². The summed E-state index contributed by atoms with van der Waals surface area (Å²) in [5.74, 6) is 0.180. The van der Waals surface area contributed by atoms with E-state index in [9.17, 15) is 13.9 Å². The first-order valence-corrected chi connectivity index (χ1v) is 6.89. The van der Waals surface area contributed by atoms with E-state index in [0.29, 0.717) is 18.7 Å². The van der Waals surface area contributed by atoms with E-state index in [1.165, 1.54) is 6.07 Å². The highest BCUT2D eigenvalue weighted by Gasteiger charge is 2.41. The van der Waals surface area contributed by atoms with Crippen molar-refractivity contribution in [1.82, 2.24) is 5.32 Å². The third kappa shape index (κ3) is 4.12. The molecule has 2 N–H and O–H groups in total. The van der Waals surface area contributed by atoms with Gasteiger partial charge in [0.1, 0.15) is 5.75 Å². The van der Waals surface area contributed by atoms with Crippen molar-refractivity contribution in [2.45, 2.75) is 26.0 Å². The van der Waals surface area contributed by atoms with Crippen LogP contribution in [-0.2, 0) is 6.54 Å². The van der Waals surface area contributed by atoms with Crippen molar-refractivity contribution in [2.24, 2.45) is 5.41 Å². The summed E-state index contributed by atoms with van der Waals surface area (Å²) in [7, 11) is 0. The molecule has 1 saturated carbocycles. The predicted molar refractivity (Wildman–Crippen MR) is 71.2 cm³/mol. The monoisotopic (exact) mass is 335 g/mol. The van der Waals surface area contributed by atoms with E-state index in [-0.39, 0.29) is 17.8 Å². The van der Waals surface area contributed by atoms with Gasteiger partial charge in [0.2, 0.25) is 0 Å². The summed E-state index contributed by atoms with van der Waals surface area (Å²) in [5, 5.41) is 12.4. The van der Waals surface area contributed by atoms with Crippen LogP contribution in [0.25, 0.3) is 0 Å². The highest BCUT2D eigenvalue weighted by molar-refractivity contribution is 9.10. The molecule has 0 amide bonds. The number of ether oxygens (including phenoxy) is 1. The highest BCUT2D eigenvalue weighted by atomic mass is 79.9. The lowest BCUT2D eigenvalue weighted by atomic mass is 10.1. The van der Waals surface area contributed by atoms with Gasteiger partial charge in [0, 0.05) is 35.1 Å². The van der Waals surface area contributed by atoms with Crippen LogP contribution >= 0.6 is 15.9 Å². The third-order valence-corrected chi connectivity index (χ3v) is 3.84. The van der Waals surface area contributed by atoms with Crippen LogP contribution in [0.15, 0.2) is 22.7 Å². The van der Waals surface area contributed by atoms with Crippen LogP contribution in [0.1, 0.15) is 18.4 Å². The maximum atomic E-state index is 12.3. The molecule has 1 aromatic rings. The molecule has 0 aromatic heterocycles. The number of aliphatic hydroxyl groups excluding tert-OH is 1. The van der Waals surface area contributed by atoms with Crippen molar-refractivity contribution >= 4 is 15.9 Å². The van der Waals surface area contributed by atoms with Gasteiger partial charge >= 0.3 is 6.61 Å². The van der Waals surface area contributed by atoms with Crippen molar-refractivity contribution in [1.29, 1.82) is 0 Å². The minimum Gasteiger partial charge on any atom is -0.434 e. The molecule has 0 unspecified atom stereocenters. The molecule has 19 heavy (non-hydrogen) atoms. The minimum atomic E-state index is -2.83. The largest absolute Gasteiger partial charge is 0.434 e. The molecule has 0 aliphatic heterocycles. The standard InChI is InChI=1S/C13H16BrF2NO2/c14-10-1-2-11(19-12(15)16)9(5-10)6-17-7-13(8-18)3-4-13/h1-2,5,12,17-18H,3-4,6-8H2. The maximum Gasteiger partial charge on any atom is 0.387 e. The summed E-state index contributed by atoms with van der Waals surface area (Å²) in [6, 6.07) is 4.94. The van der Waals surface area contributed by atoms with Gasteiger partial charge in [0.25, 0.3) is 0 Å². The maximum absolute atomic E-state index is 12.3. The molecule has 6 heteroatoms. The van der Waals surface area contributed by atoms with E-state index in [1.54, 1.807) is 12.1 Å². The van der Waals surface area contributed by atoms with Gasteiger partial charge in [-0.25, -0.2) is 0 Å². The Bertz CT molecular complexity index is 439. The Balaban J connectivity index is 1.95. The average Bonchev–Trinajstić information content (AvgIpc) is 3.13. The molecule has 0 bridgehead atoms. The number of benzene rings is 1. The number of hydrogen-bond acceptors (Lipinski definition) is 3. The van der Waals surface area contributed by atoms with E-state index in [2.05, 4.69) is 26.0 Å². The van der Waals surface area contributed by atoms with Crippen LogP contribution in [0.3, 0.4) is 0 Å². The molecule has 1 fully saturated rings. The topological polar surface area (TPSA) is 41.5 Å². The zero-order valence-corrected chi connectivity index (χ0v) is 11.9. The lowest BCUT2D eigenvalue weighted by Gasteiger charge is -2.15. The van der Waals surface area contributed by atoms with Gasteiger partial charge in [-0.3, -0.25) is 0 Å². The van der Waals surface area contributed by atoms with Crippen molar-refractivity contribution in [3.8, 4) is 5.75 Å². The Morgan fingerprint density at radius 3 is 2.74 bits per heavy atom. The summed E-state index contributed by atoms with van der Waals surface area (Å²) < 4.78 is 29.9. The van der Waals surface area contributed by atoms with Gasteiger partial charge in [-0.2, -0.15) is 8.78 Å². The fourth-order valence-corrected chi connectivity index (χ4v) is 2.34. The molecule has 2 rings (SSSR count). The lowest BCUT2D eigenvalue weighted by molar-refractivity contribution is -0.0505. The number of halogens is 3. The van der Waals surface area contributed by atoms with Crippen LogP contribution in [0, 0.1) is 5.41 Å². The van der Waals surface area contributed by atoms with Gasteiger partial charge in [-0.05, 0) is 31.0 Å². The smallest absolute Gasteiger partial charge is 0.387 e. The number of alkyl halides is 2. The van der Waals surface area contributed by atoms with Gasteiger partial charge in [0.05, 0.1) is 0 Å². The van der Waals surface area contributed by atoms with Crippen LogP contribution in [-0.4, -0.2) is 24.9 Å². The van der Waals surface area contributed by atoms with E-state index in [0.717, 1.165) is 17.3 Å². The summed E-state index contributed by atoms with van der Waals surface area (Å²) in [6.07, 6.45) is 2.02. The number of rotatable bonds is 7. The molecule has 1 aromatic carbocycles. The SMILES string of the molecule is OCC1(CNCc2cc(Br)ccc2OC(F)F)CC1. The van der Waals surface area contributed by atoms with Gasteiger partial charge in [0.15, 0.2) is 0 Å². The van der Waals surface area contributed by atoms with Gasteiger partial charge in [-0.1, -0.05) is 15.9 Å². The Kier molecular flexibility index (Phi) is 4.76. The number of hydrogen-bond donors (Lipinski definition) is 2. The molecule has 106 valence electrons. The molecule has 0 radical (unpaired) electrons. The fourth-order valence-electron chi connectivity index (χ4n) is 1.93. The van der Waals surface area contributed by atoms with Crippen molar-refractivity contribution < 1.29 is 18.6 Å². The van der Waals surface area contributed by atoms with Crippen LogP contribution in [0.2, 0.25) is 0 Å². The van der Waals surface area contributed by atoms with E-state index < -0.39 is 6.61 Å². The Labute approximate surface area is 119 Å². The van der Waals surface area contributed by atoms with Gasteiger partial charge in [-0.15, -0.1) is 0 Å². The molecule has 0 heterocycles. The minimum absolute atomic E-state index is 0.00422. The normalized spacial score (nSPS) is 16.7. The molecular formula is C13H16BrF2NO2. The summed E-state index contributed by atoms with van der Waals surface area (Å²) >= 11 is 3.31. The fraction of sp³-hybridized carbons (Fsp3) is 0.538. The molecule has 1 aliphatic carbocycles. The third-order valence-electron chi connectivity index (χ3n) is 3.35. The molecule has 0 spiro atoms. The Hall–Kier alpha value is -0.720. The van der Waals surface area contributed by atoms with Crippen molar-refractivity contribution in [3.05, 3.63) is 28.2 Å². The van der Waals surface area contributed by atoms with Crippen molar-refractivity contribution in [2.75, 3.05) is 13.2 Å². The zero-order valence-electron chi connectivity index (χ0n) is 10.3. The lowest BCUT2D eigenvalue weighted by Crippen LogP contribution is -2.26. The first kappa shape index (κ1) is 14.7. The first-order valence-electron chi connectivity index (χ1n) is 6.09. The van der Waals surface area contributed by atoms with Gasteiger partial charge < -0.3 is 15.2 Å². The predicted octanol–water partition coefficient (Wildman–Crippen LogP) is 2.91. The van der Waals surface area contributed by atoms with E-state index in [1.807, 2.05) is 0 Å². The Morgan fingerprint density at radius 1 is 1.42 bits per heavy atom. The molecule has 0 saturated heterocycles. The second-order valence-corrected chi connectivity index (χ2v) is 5.81. The zero-order chi connectivity index (χ0) is 13.9. The number of aliphatic hydroxyl groups is 1. The first-order chi connectivity index (χ1) is 9.04. The van der Waals surface area contributed by atoms with E-state index >= 15 is 0 Å². The molecule has 1 aliphatic rings. The highest BCUT2D eigenvalue weighted by Crippen LogP contribution is 2.44. The van der Waals surface area contributed by atoms with Crippen molar-refractivity contribution in [3.63, 3.8) is 0 Å². The number of nitrogens with one attached hydrogen (secondary N) is 1. The summed E-state index contributed by atoms with van der Waals surface area (Å²) in [5.41, 5.74) is 0.666. The molecular weight excluding hydrogens is 320 g/mol. The van der Waals surface area contributed by atoms with Crippen LogP contribution in [0.5, 0.6) is 5.75 Å². The quantitative estimate of drug-likeness (QED) is 0.805. The average molecular weight is 336 g/mol. The molecule has 0 atom stereocenters. The molecule has 3 nitrogen and oxygen atoms in total. The summed E-state index contributed by atoms with van der Waals surface area (Å²) in [6.45, 7) is -1.54.